The van der Waals surface area contributed by atoms with Crippen molar-refractivity contribution in [1.29, 1.82) is 0 Å². The highest BCUT2D eigenvalue weighted by atomic mass is 16.7. The van der Waals surface area contributed by atoms with Crippen LogP contribution in [0.5, 0.6) is 0 Å². The van der Waals surface area contributed by atoms with Crippen LogP contribution >= 0.6 is 0 Å². The molecule has 2 heteroatoms. The monoisotopic (exact) mass is 230 g/mol. The summed E-state index contributed by atoms with van der Waals surface area (Å²) in [7, 11) is 0. The predicted octanol–water partition coefficient (Wildman–Crippen LogP) is 3.91. The van der Waals surface area contributed by atoms with Crippen molar-refractivity contribution in [2.24, 2.45) is 0 Å². The van der Waals surface area contributed by atoms with Gasteiger partial charge in [0.15, 0.2) is 6.29 Å². The number of hydrogen-bond donors (Lipinski definition) is 0. The second-order valence-corrected chi connectivity index (χ2v) is 3.85. The summed E-state index contributed by atoms with van der Waals surface area (Å²) < 4.78 is 11.2. The lowest BCUT2D eigenvalue weighted by Crippen LogP contribution is -2.08. The molecule has 0 saturated heterocycles. The summed E-state index contributed by atoms with van der Waals surface area (Å²) in [5, 5.41) is 2.46. The third-order valence-corrected chi connectivity index (χ3v) is 2.68. The van der Waals surface area contributed by atoms with Gasteiger partial charge in [-0.3, -0.25) is 0 Å². The highest BCUT2D eigenvalue weighted by Crippen LogP contribution is 2.23. The summed E-state index contributed by atoms with van der Waals surface area (Å²) in [5.41, 5.74) is 1.08. The maximum absolute atomic E-state index is 5.60. The van der Waals surface area contributed by atoms with Crippen LogP contribution in [0.3, 0.4) is 0 Å². The Morgan fingerprint density at radius 2 is 1.53 bits per heavy atom. The van der Waals surface area contributed by atoms with E-state index in [1.165, 1.54) is 10.8 Å². The second-order valence-electron chi connectivity index (χ2n) is 3.85. The van der Waals surface area contributed by atoms with E-state index in [1.807, 2.05) is 26.0 Å². The van der Waals surface area contributed by atoms with Gasteiger partial charge < -0.3 is 9.47 Å². The highest BCUT2D eigenvalue weighted by molar-refractivity contribution is 5.83. The van der Waals surface area contributed by atoms with E-state index in [0.717, 1.165) is 5.56 Å². The lowest BCUT2D eigenvalue weighted by molar-refractivity contribution is -0.140. The molecule has 0 bridgehead atoms. The van der Waals surface area contributed by atoms with Crippen LogP contribution in [0.15, 0.2) is 42.5 Å². The Hall–Kier alpha value is -1.38. The molecule has 0 heterocycles. The fourth-order valence-electron chi connectivity index (χ4n) is 1.90. The Morgan fingerprint density at radius 1 is 0.882 bits per heavy atom. The lowest BCUT2D eigenvalue weighted by atomic mass is 10.1. The molecule has 2 aromatic carbocycles. The predicted molar refractivity (Wildman–Crippen MR) is 69.9 cm³/mol. The molecule has 0 aliphatic rings. The van der Waals surface area contributed by atoms with Crippen molar-refractivity contribution in [3.05, 3.63) is 48.0 Å². The molecule has 0 N–H and O–H groups in total. The SMILES string of the molecule is CCOC(OCC)c1ccc2ccccc2c1. The molecule has 2 nitrogen and oxygen atoms in total. The minimum atomic E-state index is -0.255. The summed E-state index contributed by atoms with van der Waals surface area (Å²) in [6.45, 7) is 5.26. The number of rotatable bonds is 5. The smallest absolute Gasteiger partial charge is 0.183 e. The minimum Gasteiger partial charge on any atom is -0.349 e. The van der Waals surface area contributed by atoms with Gasteiger partial charge in [-0.25, -0.2) is 0 Å². The number of fused-ring (bicyclic) bond motifs is 1. The maximum atomic E-state index is 5.60. The quantitative estimate of drug-likeness (QED) is 0.725. The molecular formula is C15H18O2. The van der Waals surface area contributed by atoms with Gasteiger partial charge in [0.05, 0.1) is 0 Å². The number of benzene rings is 2. The summed E-state index contributed by atoms with van der Waals surface area (Å²) in [6, 6.07) is 14.6. The van der Waals surface area contributed by atoms with Crippen molar-refractivity contribution >= 4 is 10.8 Å². The van der Waals surface area contributed by atoms with E-state index in [1.54, 1.807) is 0 Å². The maximum Gasteiger partial charge on any atom is 0.183 e. The van der Waals surface area contributed by atoms with Crippen molar-refractivity contribution in [2.45, 2.75) is 20.1 Å². The largest absolute Gasteiger partial charge is 0.349 e. The molecule has 0 aliphatic heterocycles. The zero-order valence-electron chi connectivity index (χ0n) is 10.3. The average Bonchev–Trinajstić information content (AvgIpc) is 2.38. The van der Waals surface area contributed by atoms with Crippen LogP contribution in [0.4, 0.5) is 0 Å². The van der Waals surface area contributed by atoms with Crippen LogP contribution in [0, 0.1) is 0 Å². The molecule has 0 unspecified atom stereocenters. The minimum absolute atomic E-state index is 0.255. The van der Waals surface area contributed by atoms with Gasteiger partial charge in [0, 0.05) is 18.8 Å². The van der Waals surface area contributed by atoms with E-state index >= 15 is 0 Å². The molecule has 0 aliphatic carbocycles. The molecule has 2 aromatic rings. The van der Waals surface area contributed by atoms with Crippen LogP contribution in [0.25, 0.3) is 10.8 Å². The van der Waals surface area contributed by atoms with Crippen molar-refractivity contribution in [3.8, 4) is 0 Å². The molecule has 0 amide bonds. The van der Waals surface area contributed by atoms with E-state index in [2.05, 4.69) is 30.3 Å². The molecule has 0 radical (unpaired) electrons. The number of ether oxygens (including phenoxy) is 2. The number of hydrogen-bond acceptors (Lipinski definition) is 2. The first-order valence-electron chi connectivity index (χ1n) is 6.07. The van der Waals surface area contributed by atoms with Gasteiger partial charge in [-0.05, 0) is 30.7 Å². The molecule has 17 heavy (non-hydrogen) atoms. The molecule has 0 fully saturated rings. The standard InChI is InChI=1S/C15H18O2/c1-3-16-15(17-4-2)14-10-9-12-7-5-6-8-13(12)11-14/h5-11,15H,3-4H2,1-2H3. The van der Waals surface area contributed by atoms with Gasteiger partial charge in [0.1, 0.15) is 0 Å². The average molecular weight is 230 g/mol. The first-order chi connectivity index (χ1) is 8.35. The van der Waals surface area contributed by atoms with Crippen molar-refractivity contribution in [3.63, 3.8) is 0 Å². The Balaban J connectivity index is 2.32. The van der Waals surface area contributed by atoms with Crippen LogP contribution in [-0.2, 0) is 9.47 Å². The van der Waals surface area contributed by atoms with Crippen molar-refractivity contribution < 1.29 is 9.47 Å². The third-order valence-electron chi connectivity index (χ3n) is 2.68. The van der Waals surface area contributed by atoms with Gasteiger partial charge in [-0.1, -0.05) is 36.4 Å². The van der Waals surface area contributed by atoms with Crippen LogP contribution in [0.2, 0.25) is 0 Å². The normalized spacial score (nSPS) is 11.2. The van der Waals surface area contributed by atoms with Crippen LogP contribution < -0.4 is 0 Å². The van der Waals surface area contributed by atoms with E-state index in [-0.39, 0.29) is 6.29 Å². The molecule has 2 rings (SSSR count). The topological polar surface area (TPSA) is 18.5 Å². The molecule has 0 aromatic heterocycles. The van der Waals surface area contributed by atoms with E-state index in [9.17, 15) is 0 Å². The van der Waals surface area contributed by atoms with Gasteiger partial charge >= 0.3 is 0 Å². The molecule has 0 spiro atoms. The van der Waals surface area contributed by atoms with E-state index < -0.39 is 0 Å². The summed E-state index contributed by atoms with van der Waals surface area (Å²) in [6.07, 6.45) is -0.255. The van der Waals surface area contributed by atoms with Crippen LogP contribution in [0.1, 0.15) is 25.7 Å². The third kappa shape index (κ3) is 2.84. The van der Waals surface area contributed by atoms with Crippen LogP contribution in [-0.4, -0.2) is 13.2 Å². The Morgan fingerprint density at radius 3 is 2.18 bits per heavy atom. The van der Waals surface area contributed by atoms with Gasteiger partial charge in [0.2, 0.25) is 0 Å². The van der Waals surface area contributed by atoms with Crippen molar-refractivity contribution in [2.75, 3.05) is 13.2 Å². The Bertz CT molecular complexity index is 473. The highest BCUT2D eigenvalue weighted by Gasteiger charge is 2.11. The van der Waals surface area contributed by atoms with E-state index in [0.29, 0.717) is 13.2 Å². The summed E-state index contributed by atoms with van der Waals surface area (Å²) in [5.74, 6) is 0. The summed E-state index contributed by atoms with van der Waals surface area (Å²) in [4.78, 5) is 0. The fraction of sp³-hybridized carbons (Fsp3) is 0.333. The first kappa shape index (κ1) is 12.1. The molecular weight excluding hydrogens is 212 g/mol. The Labute approximate surface area is 102 Å². The first-order valence-corrected chi connectivity index (χ1v) is 6.07. The molecule has 0 saturated carbocycles. The lowest BCUT2D eigenvalue weighted by Gasteiger charge is -2.17. The van der Waals surface area contributed by atoms with E-state index in [4.69, 9.17) is 9.47 Å². The zero-order valence-corrected chi connectivity index (χ0v) is 10.3. The zero-order chi connectivity index (χ0) is 12.1. The Kier molecular flexibility index (Phi) is 4.13. The molecule has 0 atom stereocenters. The molecule has 90 valence electrons. The second kappa shape index (κ2) is 5.80. The van der Waals surface area contributed by atoms with Crippen molar-refractivity contribution in [1.82, 2.24) is 0 Å². The van der Waals surface area contributed by atoms with Gasteiger partial charge in [-0.2, -0.15) is 0 Å². The fourth-order valence-corrected chi connectivity index (χ4v) is 1.90. The van der Waals surface area contributed by atoms with Gasteiger partial charge in [-0.15, -0.1) is 0 Å². The van der Waals surface area contributed by atoms with Gasteiger partial charge in [0.25, 0.3) is 0 Å². The summed E-state index contributed by atoms with van der Waals surface area (Å²) >= 11 is 0.